The van der Waals surface area contributed by atoms with Crippen LogP contribution in [0, 0.1) is 12.7 Å². The summed E-state index contributed by atoms with van der Waals surface area (Å²) in [6.07, 6.45) is 4.77. The minimum atomic E-state index is -0.356. The molecular weight excluding hydrogens is 359 g/mol. The number of ether oxygens (including phenoxy) is 1. The number of guanidine groups is 1. The van der Waals surface area contributed by atoms with Gasteiger partial charge in [-0.1, -0.05) is 18.9 Å². The molecule has 7 nitrogen and oxygen atoms in total. The Bertz CT molecular complexity index is 828. The van der Waals surface area contributed by atoms with Crippen LogP contribution in [0.2, 0.25) is 0 Å². The summed E-state index contributed by atoms with van der Waals surface area (Å²) in [4.78, 5) is 6.79. The van der Waals surface area contributed by atoms with Crippen LogP contribution in [0.15, 0.2) is 23.2 Å². The number of benzene rings is 1. The van der Waals surface area contributed by atoms with Gasteiger partial charge in [0.15, 0.2) is 23.4 Å². The van der Waals surface area contributed by atoms with Crippen LogP contribution in [0.25, 0.3) is 0 Å². The molecule has 1 heterocycles. The van der Waals surface area contributed by atoms with E-state index in [2.05, 4.69) is 15.5 Å². The fourth-order valence-electron chi connectivity index (χ4n) is 3.42. The van der Waals surface area contributed by atoms with Crippen molar-refractivity contribution in [2.45, 2.75) is 51.7 Å². The lowest BCUT2D eigenvalue weighted by molar-refractivity contribution is 0.385. The lowest BCUT2D eigenvalue weighted by Crippen LogP contribution is -2.43. The molecule has 0 spiro atoms. The first kappa shape index (κ1) is 20.1. The van der Waals surface area contributed by atoms with Crippen molar-refractivity contribution in [3.05, 3.63) is 41.2 Å². The highest BCUT2D eigenvalue weighted by Crippen LogP contribution is 2.20. The SMILES string of the molecule is COc1ccc(CN(C)C(=NCc2nnc(C)n2C)NC2CCCC2)cc1F. The minimum Gasteiger partial charge on any atom is -0.494 e. The first-order valence-electron chi connectivity index (χ1n) is 9.67. The third-order valence-electron chi connectivity index (χ3n) is 5.24. The molecule has 8 heteroatoms. The van der Waals surface area contributed by atoms with Gasteiger partial charge < -0.3 is 19.5 Å². The number of hydrogen-bond donors (Lipinski definition) is 1. The molecule has 0 saturated heterocycles. The summed E-state index contributed by atoms with van der Waals surface area (Å²) in [6, 6.07) is 5.46. The van der Waals surface area contributed by atoms with E-state index in [-0.39, 0.29) is 11.6 Å². The number of aryl methyl sites for hydroxylation is 1. The summed E-state index contributed by atoms with van der Waals surface area (Å²) in [5.41, 5.74) is 0.858. The molecule has 1 aliphatic rings. The van der Waals surface area contributed by atoms with Crippen LogP contribution in [-0.2, 0) is 20.1 Å². The molecule has 1 saturated carbocycles. The average Bonchev–Trinajstić information content (AvgIpc) is 3.30. The van der Waals surface area contributed by atoms with Crippen LogP contribution in [0.4, 0.5) is 4.39 Å². The van der Waals surface area contributed by atoms with Gasteiger partial charge in [-0.25, -0.2) is 9.38 Å². The zero-order chi connectivity index (χ0) is 20.1. The highest BCUT2D eigenvalue weighted by atomic mass is 19.1. The van der Waals surface area contributed by atoms with Gasteiger partial charge in [-0.2, -0.15) is 0 Å². The van der Waals surface area contributed by atoms with Gasteiger partial charge in [-0.05, 0) is 37.5 Å². The topological polar surface area (TPSA) is 67.6 Å². The van der Waals surface area contributed by atoms with Gasteiger partial charge in [0.2, 0.25) is 0 Å². The molecular formula is C20H29FN6O. The maximum atomic E-state index is 14.0. The number of methoxy groups -OCH3 is 1. The van der Waals surface area contributed by atoms with Crippen molar-refractivity contribution in [2.75, 3.05) is 14.2 Å². The van der Waals surface area contributed by atoms with Gasteiger partial charge in [0.1, 0.15) is 12.4 Å². The van der Waals surface area contributed by atoms with Crippen molar-refractivity contribution in [1.29, 1.82) is 0 Å². The number of nitrogens with zero attached hydrogens (tertiary/aromatic N) is 5. The Morgan fingerprint density at radius 1 is 1.36 bits per heavy atom. The Hall–Kier alpha value is -2.64. The maximum absolute atomic E-state index is 14.0. The van der Waals surface area contributed by atoms with Gasteiger partial charge in [0.05, 0.1) is 7.11 Å². The van der Waals surface area contributed by atoms with E-state index in [0.717, 1.165) is 36.0 Å². The average molecular weight is 388 g/mol. The van der Waals surface area contributed by atoms with E-state index in [1.165, 1.54) is 26.0 Å². The lowest BCUT2D eigenvalue weighted by atomic mass is 10.2. The first-order chi connectivity index (χ1) is 13.5. The molecule has 0 radical (unpaired) electrons. The Morgan fingerprint density at radius 2 is 2.11 bits per heavy atom. The number of nitrogens with one attached hydrogen (secondary N) is 1. The molecule has 1 fully saturated rings. The Balaban J connectivity index is 1.75. The third-order valence-corrected chi connectivity index (χ3v) is 5.24. The first-order valence-corrected chi connectivity index (χ1v) is 9.67. The number of rotatable bonds is 6. The maximum Gasteiger partial charge on any atom is 0.194 e. The zero-order valence-electron chi connectivity index (χ0n) is 17.1. The fraction of sp³-hybridized carbons (Fsp3) is 0.550. The van der Waals surface area contributed by atoms with Crippen molar-refractivity contribution in [1.82, 2.24) is 25.0 Å². The lowest BCUT2D eigenvalue weighted by Gasteiger charge is -2.25. The molecule has 0 aliphatic heterocycles. The minimum absolute atomic E-state index is 0.252. The van der Waals surface area contributed by atoms with Gasteiger partial charge >= 0.3 is 0 Å². The van der Waals surface area contributed by atoms with Gasteiger partial charge in [-0.15, -0.1) is 10.2 Å². The Kier molecular flexibility index (Phi) is 6.49. The zero-order valence-corrected chi connectivity index (χ0v) is 17.1. The molecule has 152 valence electrons. The molecule has 2 aromatic rings. The summed E-state index contributed by atoms with van der Waals surface area (Å²) in [5, 5.41) is 11.9. The van der Waals surface area contributed by atoms with E-state index in [4.69, 9.17) is 9.73 Å². The normalized spacial score (nSPS) is 15.1. The summed E-state index contributed by atoms with van der Waals surface area (Å²) in [5.74, 6) is 2.36. The standard InChI is InChI=1S/C20H29FN6O/c1-14-24-25-19(27(14)3)12-22-20(23-16-7-5-6-8-16)26(2)13-15-9-10-18(28-4)17(21)11-15/h9-11,16H,5-8,12-13H2,1-4H3,(H,22,23). The van der Waals surface area contributed by atoms with E-state index in [0.29, 0.717) is 19.1 Å². The molecule has 0 bridgehead atoms. The van der Waals surface area contributed by atoms with Gasteiger partial charge in [0.25, 0.3) is 0 Å². The van der Waals surface area contributed by atoms with Crippen molar-refractivity contribution in [2.24, 2.45) is 12.0 Å². The van der Waals surface area contributed by atoms with Crippen molar-refractivity contribution in [3.8, 4) is 5.75 Å². The van der Waals surface area contributed by atoms with E-state index >= 15 is 0 Å². The molecule has 0 amide bonds. The van der Waals surface area contributed by atoms with E-state index in [9.17, 15) is 4.39 Å². The third kappa shape index (κ3) is 4.79. The van der Waals surface area contributed by atoms with Gasteiger partial charge in [-0.3, -0.25) is 0 Å². The summed E-state index contributed by atoms with van der Waals surface area (Å²) >= 11 is 0. The molecule has 1 aromatic heterocycles. The smallest absolute Gasteiger partial charge is 0.194 e. The van der Waals surface area contributed by atoms with E-state index in [1.54, 1.807) is 6.07 Å². The van der Waals surface area contributed by atoms with Crippen LogP contribution in [0.1, 0.15) is 42.9 Å². The molecule has 1 N–H and O–H groups in total. The van der Waals surface area contributed by atoms with Crippen LogP contribution in [-0.4, -0.2) is 45.8 Å². The molecule has 1 aromatic carbocycles. The summed E-state index contributed by atoms with van der Waals surface area (Å²) < 4.78 is 21.0. The van der Waals surface area contributed by atoms with Crippen LogP contribution in [0.3, 0.4) is 0 Å². The largest absolute Gasteiger partial charge is 0.494 e. The van der Waals surface area contributed by atoms with Crippen LogP contribution in [0.5, 0.6) is 5.75 Å². The monoisotopic (exact) mass is 388 g/mol. The molecule has 0 unspecified atom stereocenters. The number of aliphatic imine (C=N–C) groups is 1. The number of halogens is 1. The number of aromatic nitrogens is 3. The van der Waals surface area contributed by atoms with E-state index < -0.39 is 0 Å². The number of hydrogen-bond acceptors (Lipinski definition) is 4. The van der Waals surface area contributed by atoms with Gasteiger partial charge in [0, 0.05) is 26.7 Å². The second-order valence-corrected chi connectivity index (χ2v) is 7.31. The van der Waals surface area contributed by atoms with Crippen LogP contribution >= 0.6 is 0 Å². The predicted molar refractivity (Wildman–Crippen MR) is 107 cm³/mol. The van der Waals surface area contributed by atoms with E-state index in [1.807, 2.05) is 36.6 Å². The predicted octanol–water partition coefficient (Wildman–Crippen LogP) is 2.79. The summed E-state index contributed by atoms with van der Waals surface area (Å²) in [7, 11) is 5.37. The molecule has 28 heavy (non-hydrogen) atoms. The highest BCUT2D eigenvalue weighted by molar-refractivity contribution is 5.80. The van der Waals surface area contributed by atoms with Crippen molar-refractivity contribution in [3.63, 3.8) is 0 Å². The fourth-order valence-corrected chi connectivity index (χ4v) is 3.42. The molecule has 3 rings (SSSR count). The Morgan fingerprint density at radius 3 is 2.71 bits per heavy atom. The second-order valence-electron chi connectivity index (χ2n) is 7.31. The Labute approximate surface area is 165 Å². The second kappa shape index (κ2) is 9.03. The van der Waals surface area contributed by atoms with Crippen LogP contribution < -0.4 is 10.1 Å². The summed E-state index contributed by atoms with van der Waals surface area (Å²) in [6.45, 7) is 2.90. The highest BCUT2D eigenvalue weighted by Gasteiger charge is 2.19. The van der Waals surface area contributed by atoms with Crippen molar-refractivity contribution >= 4 is 5.96 Å². The molecule has 0 atom stereocenters. The molecule has 1 aliphatic carbocycles. The quantitative estimate of drug-likeness (QED) is 0.609. The van der Waals surface area contributed by atoms with Crippen molar-refractivity contribution < 1.29 is 9.13 Å².